The summed E-state index contributed by atoms with van der Waals surface area (Å²) in [6, 6.07) is 22.3. The lowest BCUT2D eigenvalue weighted by Crippen LogP contribution is -2.11. The molecule has 0 saturated carbocycles. The van der Waals surface area contributed by atoms with Crippen molar-refractivity contribution in [2.24, 2.45) is 0 Å². The summed E-state index contributed by atoms with van der Waals surface area (Å²) in [6.07, 6.45) is 2.50. The third-order valence-corrected chi connectivity index (χ3v) is 8.05. The predicted octanol–water partition coefficient (Wildman–Crippen LogP) is 3.01. The first-order valence-electron chi connectivity index (χ1n) is 7.22. The van der Waals surface area contributed by atoms with Gasteiger partial charge in [0.2, 0.25) is 0 Å². The van der Waals surface area contributed by atoms with Gasteiger partial charge in [-0.05, 0) is 45.6 Å². The van der Waals surface area contributed by atoms with Crippen molar-refractivity contribution in [3.63, 3.8) is 0 Å². The average Bonchev–Trinajstić information content (AvgIpc) is 2.49. The minimum atomic E-state index is -0.854. The standard InChI is InChI=1S/C16H22B2S/c17-11-13-19(14-12-18,15-7-3-1-4-8-15)16-9-5-2-6-10-16/h1-10H,11-14,17-18H2. The maximum Gasteiger partial charge on any atom is 0.102 e. The molecule has 0 N–H and O–H groups in total. The highest BCUT2D eigenvalue weighted by Gasteiger charge is 2.26. The molecule has 0 atom stereocenters. The van der Waals surface area contributed by atoms with Crippen molar-refractivity contribution in [1.82, 2.24) is 0 Å². The molecule has 2 aromatic carbocycles. The van der Waals surface area contributed by atoms with Crippen LogP contribution in [0.25, 0.3) is 0 Å². The van der Waals surface area contributed by atoms with Gasteiger partial charge in [0.1, 0.15) is 15.7 Å². The second-order valence-corrected chi connectivity index (χ2v) is 8.44. The van der Waals surface area contributed by atoms with Crippen molar-refractivity contribution < 1.29 is 0 Å². The molecule has 0 aliphatic carbocycles. The lowest BCUT2D eigenvalue weighted by molar-refractivity contribution is 1.26. The predicted molar refractivity (Wildman–Crippen MR) is 93.4 cm³/mol. The van der Waals surface area contributed by atoms with E-state index in [4.69, 9.17) is 0 Å². The molecule has 0 heterocycles. The summed E-state index contributed by atoms with van der Waals surface area (Å²) in [7, 11) is 3.76. The fourth-order valence-electron chi connectivity index (χ4n) is 2.77. The number of hydrogen-bond donors (Lipinski definition) is 0. The van der Waals surface area contributed by atoms with Gasteiger partial charge in [0.05, 0.1) is 0 Å². The lowest BCUT2D eigenvalue weighted by Gasteiger charge is -2.41. The Hall–Kier alpha value is -1.08. The topological polar surface area (TPSA) is 0 Å². The van der Waals surface area contributed by atoms with Crippen molar-refractivity contribution >= 4 is 25.7 Å². The van der Waals surface area contributed by atoms with Gasteiger partial charge in [-0.2, -0.15) is 10.0 Å². The molecule has 0 aliphatic heterocycles. The lowest BCUT2D eigenvalue weighted by atomic mass is 10.1. The van der Waals surface area contributed by atoms with E-state index >= 15 is 0 Å². The number of hydrogen-bond acceptors (Lipinski definition) is 0. The first-order chi connectivity index (χ1) is 9.33. The molecule has 19 heavy (non-hydrogen) atoms. The van der Waals surface area contributed by atoms with Gasteiger partial charge in [-0.1, -0.05) is 49.0 Å². The Kier molecular flexibility index (Phi) is 5.21. The third-order valence-electron chi connectivity index (χ3n) is 3.49. The molecule has 0 bridgehead atoms. The summed E-state index contributed by atoms with van der Waals surface area (Å²) in [4.78, 5) is 3.09. The molecular formula is C16H22B2S. The van der Waals surface area contributed by atoms with Gasteiger partial charge < -0.3 is 0 Å². The highest BCUT2D eigenvalue weighted by Crippen LogP contribution is 2.62. The van der Waals surface area contributed by atoms with E-state index in [9.17, 15) is 0 Å². The Bertz CT molecular complexity index is 437. The van der Waals surface area contributed by atoms with E-state index in [1.54, 1.807) is 9.79 Å². The quantitative estimate of drug-likeness (QED) is 0.706. The van der Waals surface area contributed by atoms with Crippen LogP contribution in [0, 0.1) is 0 Å². The van der Waals surface area contributed by atoms with Gasteiger partial charge >= 0.3 is 0 Å². The van der Waals surface area contributed by atoms with Crippen molar-refractivity contribution in [2.75, 3.05) is 11.5 Å². The van der Waals surface area contributed by atoms with E-state index in [0.29, 0.717) is 0 Å². The van der Waals surface area contributed by atoms with Crippen molar-refractivity contribution in [1.29, 1.82) is 0 Å². The van der Waals surface area contributed by atoms with Crippen molar-refractivity contribution in [3.8, 4) is 0 Å². The molecule has 2 aromatic rings. The second-order valence-electron chi connectivity index (χ2n) is 4.92. The molecule has 3 heteroatoms. The van der Waals surface area contributed by atoms with Crippen molar-refractivity contribution in [3.05, 3.63) is 60.7 Å². The Morgan fingerprint density at radius 3 is 1.32 bits per heavy atom. The van der Waals surface area contributed by atoms with Gasteiger partial charge in [-0.25, -0.2) is 0 Å². The molecule has 0 aromatic heterocycles. The van der Waals surface area contributed by atoms with Crippen LogP contribution in [0.5, 0.6) is 0 Å². The van der Waals surface area contributed by atoms with Crippen LogP contribution < -0.4 is 0 Å². The van der Waals surface area contributed by atoms with Crippen LogP contribution in [0.2, 0.25) is 12.6 Å². The zero-order valence-corrected chi connectivity index (χ0v) is 12.8. The van der Waals surface area contributed by atoms with Gasteiger partial charge in [0.15, 0.2) is 0 Å². The van der Waals surface area contributed by atoms with Gasteiger partial charge in [-0.15, -0.1) is 0 Å². The van der Waals surface area contributed by atoms with Crippen LogP contribution >= 0.6 is 10.0 Å². The van der Waals surface area contributed by atoms with E-state index in [0.717, 1.165) is 0 Å². The van der Waals surface area contributed by atoms with Crippen LogP contribution in [0.4, 0.5) is 0 Å². The van der Waals surface area contributed by atoms with Crippen LogP contribution in [-0.4, -0.2) is 27.2 Å². The molecule has 2 rings (SSSR count). The van der Waals surface area contributed by atoms with E-state index in [-0.39, 0.29) is 0 Å². The van der Waals surface area contributed by atoms with Crippen LogP contribution in [0.1, 0.15) is 0 Å². The zero-order valence-electron chi connectivity index (χ0n) is 12.0. The fraction of sp³-hybridized carbons (Fsp3) is 0.250. The summed E-state index contributed by atoms with van der Waals surface area (Å²) in [6.45, 7) is 0. The van der Waals surface area contributed by atoms with Gasteiger partial charge in [-0.3, -0.25) is 0 Å². The van der Waals surface area contributed by atoms with Crippen LogP contribution in [-0.2, 0) is 0 Å². The van der Waals surface area contributed by atoms with E-state index < -0.39 is 10.0 Å². The Morgan fingerprint density at radius 1 is 0.632 bits per heavy atom. The van der Waals surface area contributed by atoms with Crippen LogP contribution in [0.15, 0.2) is 70.5 Å². The molecule has 0 amide bonds. The Balaban J connectivity index is 2.54. The smallest absolute Gasteiger partial charge is 0.102 e. The normalized spacial score (nSPS) is 12.2. The molecular weight excluding hydrogens is 246 g/mol. The summed E-state index contributed by atoms with van der Waals surface area (Å²) in [5, 5.41) is 0. The first-order valence-corrected chi connectivity index (χ1v) is 9.19. The summed E-state index contributed by atoms with van der Waals surface area (Å²) in [5.74, 6) is 2.60. The largest absolute Gasteiger partial charge is 0.189 e. The van der Waals surface area contributed by atoms with Gasteiger partial charge in [0.25, 0.3) is 0 Å². The molecule has 0 unspecified atom stereocenters. The highest BCUT2D eigenvalue weighted by atomic mass is 32.3. The Morgan fingerprint density at radius 2 is 1.00 bits per heavy atom. The monoisotopic (exact) mass is 268 g/mol. The highest BCUT2D eigenvalue weighted by molar-refractivity contribution is 8.33. The van der Waals surface area contributed by atoms with E-state index in [1.165, 1.54) is 24.1 Å². The Labute approximate surface area is 120 Å². The fourth-order valence-corrected chi connectivity index (χ4v) is 6.94. The number of benzene rings is 2. The van der Waals surface area contributed by atoms with E-state index in [2.05, 4.69) is 76.4 Å². The molecule has 0 fully saturated rings. The molecule has 0 saturated heterocycles. The average molecular weight is 268 g/mol. The summed E-state index contributed by atoms with van der Waals surface area (Å²) < 4.78 is 0. The van der Waals surface area contributed by atoms with Crippen LogP contribution in [0.3, 0.4) is 0 Å². The SMILES string of the molecule is BCCS(CCB)(c1ccccc1)c1ccccc1. The summed E-state index contributed by atoms with van der Waals surface area (Å²) >= 11 is 0. The second kappa shape index (κ2) is 6.91. The van der Waals surface area contributed by atoms with Crippen molar-refractivity contribution in [2.45, 2.75) is 22.4 Å². The first kappa shape index (κ1) is 14.3. The minimum Gasteiger partial charge on any atom is -0.189 e. The number of rotatable bonds is 6. The zero-order chi connectivity index (χ0) is 13.6. The van der Waals surface area contributed by atoms with E-state index in [1.807, 2.05) is 0 Å². The van der Waals surface area contributed by atoms with Gasteiger partial charge in [0, 0.05) is 0 Å². The third kappa shape index (κ3) is 3.09. The molecule has 0 nitrogen and oxygen atoms in total. The molecule has 0 spiro atoms. The maximum absolute atomic E-state index is 2.33. The molecule has 0 aliphatic rings. The summed E-state index contributed by atoms with van der Waals surface area (Å²) in [5.41, 5.74) is 0. The minimum absolute atomic E-state index is 0.854. The maximum atomic E-state index is 2.33. The molecule has 98 valence electrons. The molecule has 0 radical (unpaired) electrons.